The van der Waals surface area contributed by atoms with Crippen molar-refractivity contribution in [1.29, 1.82) is 0 Å². The Labute approximate surface area is 215 Å². The number of rotatable bonds is 3. The molecule has 10 heteroatoms. The fourth-order valence-electron chi connectivity index (χ4n) is 4.92. The Morgan fingerprint density at radius 1 is 1.16 bits per heavy atom. The summed E-state index contributed by atoms with van der Waals surface area (Å²) in [6, 6.07) is 2.07. The first kappa shape index (κ1) is 25.0. The number of fused-ring (bicyclic) bond motifs is 1. The highest BCUT2D eigenvalue weighted by Gasteiger charge is 2.29. The molecule has 0 spiro atoms. The van der Waals surface area contributed by atoms with Crippen molar-refractivity contribution in [2.75, 3.05) is 30.3 Å². The van der Waals surface area contributed by atoms with Crippen LogP contribution in [0.2, 0.25) is 0 Å². The summed E-state index contributed by atoms with van der Waals surface area (Å²) in [6.07, 6.45) is 9.79. The maximum absolute atomic E-state index is 14.5. The number of hydrogen-bond acceptors (Lipinski definition) is 6. The standard InChI is InChI=1S/C27H32F2N6O2/c1-27(2,3)37-26(36)33-9-6-19(7-10-33)35-15-18(14-32-35)17-12-24(25(30)31-13-17)34-11-8-20-21(16-34)23(29)5-4-22(20)28/h4-5,12-16,19,23H,6-11H2,1-3H3,(H2,30,31). The van der Waals surface area contributed by atoms with Crippen LogP contribution in [0.4, 0.5) is 25.1 Å². The van der Waals surface area contributed by atoms with Gasteiger partial charge in [0.1, 0.15) is 23.4 Å². The zero-order chi connectivity index (χ0) is 26.3. The Morgan fingerprint density at radius 3 is 2.65 bits per heavy atom. The fraction of sp³-hybridized carbons (Fsp3) is 0.444. The van der Waals surface area contributed by atoms with Crippen LogP contribution in [0.5, 0.6) is 0 Å². The maximum atomic E-state index is 14.5. The summed E-state index contributed by atoms with van der Waals surface area (Å²) >= 11 is 0. The van der Waals surface area contributed by atoms with Crippen molar-refractivity contribution >= 4 is 17.6 Å². The van der Waals surface area contributed by atoms with Crippen LogP contribution in [0, 0.1) is 0 Å². The number of aromatic nitrogens is 3. The number of nitrogens with zero attached hydrogens (tertiary/aromatic N) is 5. The third-order valence-electron chi connectivity index (χ3n) is 6.87. The van der Waals surface area contributed by atoms with Crippen molar-refractivity contribution in [1.82, 2.24) is 19.7 Å². The average molecular weight is 511 g/mol. The number of anilines is 2. The Hall–Kier alpha value is -3.69. The predicted molar refractivity (Wildman–Crippen MR) is 138 cm³/mol. The molecule has 1 saturated heterocycles. The number of likely N-dealkylation sites (tertiary alicyclic amines) is 1. The third kappa shape index (κ3) is 5.23. The number of carbonyl (C=O) groups excluding carboxylic acids is 1. The lowest BCUT2D eigenvalue weighted by Crippen LogP contribution is -2.42. The summed E-state index contributed by atoms with van der Waals surface area (Å²) in [6.45, 7) is 7.27. The zero-order valence-electron chi connectivity index (χ0n) is 21.3. The van der Waals surface area contributed by atoms with Gasteiger partial charge >= 0.3 is 6.09 Å². The smallest absolute Gasteiger partial charge is 0.410 e. The summed E-state index contributed by atoms with van der Waals surface area (Å²) in [4.78, 5) is 20.3. The van der Waals surface area contributed by atoms with Crippen LogP contribution in [0.1, 0.15) is 46.1 Å². The molecule has 4 heterocycles. The summed E-state index contributed by atoms with van der Waals surface area (Å²) < 4.78 is 36.1. The minimum atomic E-state index is -1.35. The van der Waals surface area contributed by atoms with E-state index in [4.69, 9.17) is 10.5 Å². The summed E-state index contributed by atoms with van der Waals surface area (Å²) in [5.41, 5.74) is 8.75. The first-order chi connectivity index (χ1) is 17.6. The number of allylic oxidation sites excluding steroid dienone is 4. The Morgan fingerprint density at radius 2 is 1.92 bits per heavy atom. The highest BCUT2D eigenvalue weighted by molar-refractivity contribution is 5.75. The predicted octanol–water partition coefficient (Wildman–Crippen LogP) is 5.32. The molecular formula is C27H32F2N6O2. The van der Waals surface area contributed by atoms with Gasteiger partial charge in [-0.15, -0.1) is 0 Å². The lowest BCUT2D eigenvalue weighted by molar-refractivity contribution is 0.0185. The quantitative estimate of drug-likeness (QED) is 0.601. The molecule has 2 aromatic rings. The van der Waals surface area contributed by atoms with E-state index in [2.05, 4.69) is 10.1 Å². The van der Waals surface area contributed by atoms with E-state index < -0.39 is 11.8 Å². The van der Waals surface area contributed by atoms with E-state index in [0.717, 1.165) is 24.0 Å². The molecule has 3 aliphatic rings. The van der Waals surface area contributed by atoms with Gasteiger partial charge < -0.3 is 20.3 Å². The summed E-state index contributed by atoms with van der Waals surface area (Å²) in [5.74, 6) is -0.0684. The number of ether oxygens (including phenoxy) is 1. The Bertz CT molecular complexity index is 1280. The fourth-order valence-corrected chi connectivity index (χ4v) is 4.92. The van der Waals surface area contributed by atoms with Crippen molar-refractivity contribution in [3.05, 3.63) is 60.0 Å². The van der Waals surface area contributed by atoms with Gasteiger partial charge in [-0.25, -0.2) is 18.6 Å². The molecule has 0 radical (unpaired) electrons. The molecule has 2 aliphatic heterocycles. The molecular weight excluding hydrogens is 478 g/mol. The van der Waals surface area contributed by atoms with Crippen molar-refractivity contribution in [3.8, 4) is 11.1 Å². The minimum Gasteiger partial charge on any atom is -0.444 e. The van der Waals surface area contributed by atoms with Crippen LogP contribution in [0.3, 0.4) is 0 Å². The van der Waals surface area contributed by atoms with Gasteiger partial charge in [0, 0.05) is 54.9 Å². The Kier molecular flexibility index (Phi) is 6.51. The molecule has 2 aromatic heterocycles. The molecule has 0 saturated carbocycles. The number of piperidine rings is 1. The monoisotopic (exact) mass is 510 g/mol. The van der Waals surface area contributed by atoms with Crippen LogP contribution in [0.15, 0.2) is 60.0 Å². The number of alkyl halides is 1. The molecule has 1 fully saturated rings. The number of nitrogens with two attached hydrogens (primary N) is 1. The first-order valence-electron chi connectivity index (χ1n) is 12.6. The van der Waals surface area contributed by atoms with Crippen molar-refractivity contribution in [2.24, 2.45) is 0 Å². The van der Waals surface area contributed by atoms with Gasteiger partial charge in [-0.3, -0.25) is 4.68 Å². The number of carbonyl (C=O) groups is 1. The molecule has 5 rings (SSSR count). The molecule has 1 unspecified atom stereocenters. The van der Waals surface area contributed by atoms with Gasteiger partial charge in [-0.05, 0) is 63.8 Å². The lowest BCUT2D eigenvalue weighted by atomic mass is 9.91. The van der Waals surface area contributed by atoms with Crippen LogP contribution in [-0.4, -0.2) is 57.2 Å². The van der Waals surface area contributed by atoms with E-state index in [9.17, 15) is 13.6 Å². The van der Waals surface area contributed by atoms with Crippen molar-refractivity contribution in [2.45, 2.75) is 57.8 Å². The van der Waals surface area contributed by atoms with Crippen molar-refractivity contribution in [3.63, 3.8) is 0 Å². The van der Waals surface area contributed by atoms with E-state index in [0.29, 0.717) is 48.7 Å². The molecule has 1 atom stereocenters. The van der Waals surface area contributed by atoms with E-state index in [-0.39, 0.29) is 18.0 Å². The summed E-state index contributed by atoms with van der Waals surface area (Å²) in [7, 11) is 0. The van der Waals surface area contributed by atoms with Crippen molar-refractivity contribution < 1.29 is 18.3 Å². The largest absolute Gasteiger partial charge is 0.444 e. The first-order valence-corrected chi connectivity index (χ1v) is 12.6. The highest BCUT2D eigenvalue weighted by atomic mass is 19.1. The molecule has 1 aliphatic carbocycles. The number of hydrogen-bond donors (Lipinski definition) is 1. The SMILES string of the molecule is CC(C)(C)OC(=O)N1CCC(n2cc(-c3cnc(N)c(N4C=C5C(=C(F)C=CC5F)CC4)c3)cn2)CC1. The van der Waals surface area contributed by atoms with E-state index in [1.165, 1.54) is 12.2 Å². The van der Waals surface area contributed by atoms with Gasteiger partial charge in [0.25, 0.3) is 0 Å². The molecule has 37 heavy (non-hydrogen) atoms. The average Bonchev–Trinajstić information content (AvgIpc) is 3.36. The number of pyridine rings is 1. The molecule has 196 valence electrons. The zero-order valence-corrected chi connectivity index (χ0v) is 21.3. The normalized spacial score (nSPS) is 20.7. The van der Waals surface area contributed by atoms with Crippen LogP contribution >= 0.6 is 0 Å². The Balaban J connectivity index is 1.30. The second kappa shape index (κ2) is 9.64. The number of amides is 1. The number of nitrogen functional groups attached to an aromatic ring is 1. The van der Waals surface area contributed by atoms with Gasteiger partial charge in [0.15, 0.2) is 0 Å². The molecule has 8 nitrogen and oxygen atoms in total. The van der Waals surface area contributed by atoms with E-state index in [1.54, 1.807) is 23.5 Å². The summed E-state index contributed by atoms with van der Waals surface area (Å²) in [5, 5.41) is 4.57. The van der Waals surface area contributed by atoms with Crippen LogP contribution < -0.4 is 10.6 Å². The molecule has 0 aromatic carbocycles. The van der Waals surface area contributed by atoms with Gasteiger partial charge in [0.05, 0.1) is 17.9 Å². The van der Waals surface area contributed by atoms with E-state index in [1.807, 2.05) is 42.6 Å². The second-order valence-electron chi connectivity index (χ2n) is 10.7. The molecule has 2 N–H and O–H groups in total. The van der Waals surface area contributed by atoms with Gasteiger partial charge in [-0.2, -0.15) is 5.10 Å². The number of halogens is 2. The van der Waals surface area contributed by atoms with Gasteiger partial charge in [-0.1, -0.05) is 0 Å². The third-order valence-corrected chi connectivity index (χ3v) is 6.87. The maximum Gasteiger partial charge on any atom is 0.410 e. The molecule has 1 amide bonds. The topological polar surface area (TPSA) is 89.5 Å². The van der Waals surface area contributed by atoms with Crippen LogP contribution in [0.25, 0.3) is 11.1 Å². The van der Waals surface area contributed by atoms with Gasteiger partial charge in [0.2, 0.25) is 0 Å². The highest BCUT2D eigenvalue weighted by Crippen LogP contribution is 2.37. The second-order valence-corrected chi connectivity index (χ2v) is 10.7. The van der Waals surface area contributed by atoms with E-state index >= 15 is 0 Å². The lowest BCUT2D eigenvalue weighted by Gasteiger charge is -2.33. The molecule has 0 bridgehead atoms. The van der Waals surface area contributed by atoms with Crippen LogP contribution in [-0.2, 0) is 4.74 Å². The minimum absolute atomic E-state index is 0.168.